The van der Waals surface area contributed by atoms with E-state index in [0.717, 1.165) is 15.7 Å². The lowest BCUT2D eigenvalue weighted by Gasteiger charge is -2.07. The van der Waals surface area contributed by atoms with Gasteiger partial charge in [0.25, 0.3) is 5.22 Å². The molecule has 2 rings (SSSR count). The lowest BCUT2D eigenvalue weighted by molar-refractivity contribution is -0.113. The highest BCUT2D eigenvalue weighted by Gasteiger charge is 2.09. The Kier molecular flexibility index (Phi) is 4.60. The number of benzene rings is 1. The largest absolute Gasteiger partial charge is 0.416 e. The highest BCUT2D eigenvalue weighted by Crippen LogP contribution is 2.21. The number of nitrogens with zero attached hydrogens (tertiary/aromatic N) is 2. The summed E-state index contributed by atoms with van der Waals surface area (Å²) in [6.45, 7) is 3.65. The van der Waals surface area contributed by atoms with Crippen LogP contribution in [0, 0.1) is 13.8 Å². The van der Waals surface area contributed by atoms with Gasteiger partial charge in [-0.05, 0) is 30.7 Å². The number of amides is 1. The fourth-order valence-corrected chi connectivity index (χ4v) is 2.50. The van der Waals surface area contributed by atoms with Crippen molar-refractivity contribution in [1.29, 1.82) is 0 Å². The maximum atomic E-state index is 11.8. The van der Waals surface area contributed by atoms with E-state index in [9.17, 15) is 4.79 Å². The quantitative estimate of drug-likeness (QED) is 0.865. The smallest absolute Gasteiger partial charge is 0.277 e. The summed E-state index contributed by atoms with van der Waals surface area (Å²) in [5.41, 5.74) is 1.80. The monoisotopic (exact) mass is 341 g/mol. The number of rotatable bonds is 4. The molecule has 0 unspecified atom stereocenters. The van der Waals surface area contributed by atoms with Crippen molar-refractivity contribution in [3.05, 3.63) is 34.1 Å². The van der Waals surface area contributed by atoms with Crippen molar-refractivity contribution < 1.29 is 9.21 Å². The van der Waals surface area contributed by atoms with Crippen molar-refractivity contribution in [1.82, 2.24) is 10.2 Å². The molecule has 7 heteroatoms. The van der Waals surface area contributed by atoms with Crippen LogP contribution in [0.4, 0.5) is 5.69 Å². The van der Waals surface area contributed by atoms with Crippen LogP contribution in [-0.4, -0.2) is 21.9 Å². The second kappa shape index (κ2) is 6.21. The number of anilines is 1. The number of hydrogen-bond donors (Lipinski definition) is 1. The highest BCUT2D eigenvalue weighted by molar-refractivity contribution is 9.10. The van der Waals surface area contributed by atoms with E-state index in [4.69, 9.17) is 4.42 Å². The molecule has 1 aromatic carbocycles. The summed E-state index contributed by atoms with van der Waals surface area (Å²) in [5.74, 6) is 0.620. The molecule has 2 aromatic rings. The molecule has 0 aliphatic heterocycles. The molecular formula is C12H12BrN3O2S. The SMILES string of the molecule is Cc1nnc(SCC(=O)Nc2ccc(Br)cc2C)o1. The number of hydrogen-bond acceptors (Lipinski definition) is 5. The molecule has 100 valence electrons. The number of aryl methyl sites for hydroxylation is 2. The Labute approximate surface area is 123 Å². The number of carbonyl (C=O) groups is 1. The molecule has 5 nitrogen and oxygen atoms in total. The molecule has 0 radical (unpaired) electrons. The van der Waals surface area contributed by atoms with Crippen LogP contribution in [0.25, 0.3) is 0 Å². The van der Waals surface area contributed by atoms with E-state index in [-0.39, 0.29) is 11.7 Å². The molecule has 0 spiro atoms. The molecular weight excluding hydrogens is 330 g/mol. The predicted octanol–water partition coefficient (Wildman–Crippen LogP) is 3.18. The molecule has 0 saturated heterocycles. The van der Waals surface area contributed by atoms with Crippen LogP contribution >= 0.6 is 27.7 Å². The third kappa shape index (κ3) is 4.07. The first kappa shape index (κ1) is 14.1. The van der Waals surface area contributed by atoms with E-state index in [1.807, 2.05) is 25.1 Å². The number of aromatic nitrogens is 2. The first-order valence-corrected chi connectivity index (χ1v) is 7.31. The van der Waals surface area contributed by atoms with Crippen molar-refractivity contribution in [3.8, 4) is 0 Å². The maximum Gasteiger partial charge on any atom is 0.277 e. The molecule has 1 aromatic heterocycles. The predicted molar refractivity (Wildman–Crippen MR) is 77.3 cm³/mol. The fourth-order valence-electron chi connectivity index (χ4n) is 1.42. The molecule has 1 heterocycles. The Morgan fingerprint density at radius 2 is 2.21 bits per heavy atom. The number of nitrogens with one attached hydrogen (secondary N) is 1. The maximum absolute atomic E-state index is 11.8. The van der Waals surface area contributed by atoms with Crippen LogP contribution in [0.2, 0.25) is 0 Å². The zero-order valence-corrected chi connectivity index (χ0v) is 12.8. The van der Waals surface area contributed by atoms with Crippen LogP contribution < -0.4 is 5.32 Å². The standard InChI is InChI=1S/C12H12BrN3O2S/c1-7-5-9(13)3-4-10(7)14-11(17)6-19-12-16-15-8(2)18-12/h3-5H,6H2,1-2H3,(H,14,17). The molecule has 0 bridgehead atoms. The van der Waals surface area contributed by atoms with Gasteiger partial charge in [0.15, 0.2) is 0 Å². The van der Waals surface area contributed by atoms with Crippen LogP contribution in [0.5, 0.6) is 0 Å². The first-order valence-electron chi connectivity index (χ1n) is 5.53. The average Bonchev–Trinajstić information content (AvgIpc) is 2.76. The molecule has 0 atom stereocenters. The van der Waals surface area contributed by atoms with Gasteiger partial charge in [0.05, 0.1) is 5.75 Å². The Morgan fingerprint density at radius 3 is 2.84 bits per heavy atom. The molecule has 1 amide bonds. The topological polar surface area (TPSA) is 68.0 Å². The summed E-state index contributed by atoms with van der Waals surface area (Å²) in [6.07, 6.45) is 0. The Morgan fingerprint density at radius 1 is 1.42 bits per heavy atom. The summed E-state index contributed by atoms with van der Waals surface area (Å²) in [6, 6.07) is 5.69. The van der Waals surface area contributed by atoms with Gasteiger partial charge in [0, 0.05) is 17.1 Å². The van der Waals surface area contributed by atoms with Crippen LogP contribution in [-0.2, 0) is 4.79 Å². The summed E-state index contributed by atoms with van der Waals surface area (Å²) in [4.78, 5) is 11.8. The van der Waals surface area contributed by atoms with E-state index >= 15 is 0 Å². The second-order valence-corrected chi connectivity index (χ2v) is 5.73. The Balaban J connectivity index is 1.90. The van der Waals surface area contributed by atoms with Crippen LogP contribution in [0.3, 0.4) is 0 Å². The molecule has 0 aliphatic rings. The molecule has 19 heavy (non-hydrogen) atoms. The second-order valence-electron chi connectivity index (χ2n) is 3.88. The number of halogens is 1. The van der Waals surface area contributed by atoms with Crippen molar-refractivity contribution in [2.45, 2.75) is 19.1 Å². The van der Waals surface area contributed by atoms with Gasteiger partial charge in [0.1, 0.15) is 0 Å². The summed E-state index contributed by atoms with van der Waals surface area (Å²) in [7, 11) is 0. The van der Waals surface area contributed by atoms with Crippen LogP contribution in [0.15, 0.2) is 32.3 Å². The lowest BCUT2D eigenvalue weighted by atomic mass is 10.2. The zero-order chi connectivity index (χ0) is 13.8. The van der Waals surface area contributed by atoms with Gasteiger partial charge in [-0.2, -0.15) is 0 Å². The molecule has 0 saturated carbocycles. The minimum Gasteiger partial charge on any atom is -0.416 e. The van der Waals surface area contributed by atoms with E-state index in [1.54, 1.807) is 6.92 Å². The highest BCUT2D eigenvalue weighted by atomic mass is 79.9. The minimum absolute atomic E-state index is 0.105. The third-order valence-electron chi connectivity index (χ3n) is 2.30. The van der Waals surface area contributed by atoms with Gasteiger partial charge >= 0.3 is 0 Å². The van der Waals surface area contributed by atoms with Gasteiger partial charge in [-0.3, -0.25) is 4.79 Å². The van der Waals surface area contributed by atoms with Crippen molar-refractivity contribution in [2.24, 2.45) is 0 Å². The first-order chi connectivity index (χ1) is 9.04. The summed E-state index contributed by atoms with van der Waals surface area (Å²) >= 11 is 4.60. The average molecular weight is 342 g/mol. The van der Waals surface area contributed by atoms with Gasteiger partial charge < -0.3 is 9.73 Å². The zero-order valence-electron chi connectivity index (χ0n) is 10.4. The third-order valence-corrected chi connectivity index (χ3v) is 3.61. The lowest BCUT2D eigenvalue weighted by Crippen LogP contribution is -2.14. The van der Waals surface area contributed by atoms with Crippen molar-refractivity contribution >= 4 is 39.3 Å². The normalized spacial score (nSPS) is 10.5. The van der Waals surface area contributed by atoms with E-state index in [2.05, 4.69) is 31.4 Å². The summed E-state index contributed by atoms with van der Waals surface area (Å²) < 4.78 is 6.16. The Bertz CT molecular complexity index is 600. The molecule has 0 aliphatic carbocycles. The van der Waals surface area contributed by atoms with E-state index < -0.39 is 0 Å². The van der Waals surface area contributed by atoms with E-state index in [1.165, 1.54) is 11.8 Å². The van der Waals surface area contributed by atoms with Gasteiger partial charge in [0.2, 0.25) is 11.8 Å². The molecule has 0 fully saturated rings. The van der Waals surface area contributed by atoms with Gasteiger partial charge in [-0.25, -0.2) is 0 Å². The number of carbonyl (C=O) groups excluding carboxylic acids is 1. The van der Waals surface area contributed by atoms with Crippen molar-refractivity contribution in [2.75, 3.05) is 11.1 Å². The molecule has 1 N–H and O–H groups in total. The minimum atomic E-state index is -0.105. The van der Waals surface area contributed by atoms with Gasteiger partial charge in [-0.15, -0.1) is 10.2 Å². The number of thioether (sulfide) groups is 1. The van der Waals surface area contributed by atoms with Gasteiger partial charge in [-0.1, -0.05) is 27.7 Å². The van der Waals surface area contributed by atoms with Crippen LogP contribution in [0.1, 0.15) is 11.5 Å². The Hall–Kier alpha value is -1.34. The summed E-state index contributed by atoms with van der Waals surface area (Å²) in [5, 5.41) is 10.8. The van der Waals surface area contributed by atoms with Crippen molar-refractivity contribution in [3.63, 3.8) is 0 Å². The fraction of sp³-hybridized carbons (Fsp3) is 0.250. The van der Waals surface area contributed by atoms with E-state index in [0.29, 0.717) is 11.1 Å².